The minimum atomic E-state index is -1.02. The maximum absolute atomic E-state index is 11.3. The van der Waals surface area contributed by atoms with Crippen LogP contribution in [0.1, 0.15) is 11.5 Å². The van der Waals surface area contributed by atoms with Gasteiger partial charge in [-0.15, -0.1) is 0 Å². The molecule has 0 radical (unpaired) electrons. The number of fused-ring (bicyclic) bond motifs is 1. The van der Waals surface area contributed by atoms with Crippen molar-refractivity contribution in [1.29, 1.82) is 0 Å². The number of carboxylic acids is 1. The summed E-state index contributed by atoms with van der Waals surface area (Å²) in [5.74, 6) is -0.564. The standard InChI is InChI=1S/C12H13N8O2.Pd/c13-10-9-11(18-5-17-10)20-8(19-9)3-15-7(12(21)22)1-6-2-14-4-16-6;/h2,4-5,7H,1,3H2,(H5,13,14,16,17,18,19,20,21,22);/q-1;+2/p-1. The van der Waals surface area contributed by atoms with E-state index in [-0.39, 0.29) is 39.2 Å². The van der Waals surface area contributed by atoms with E-state index < -0.39 is 12.0 Å². The zero-order valence-electron chi connectivity index (χ0n) is 11.6. The SMILES string of the molecule is [NH-]c1ncnc2[nH]c(C[N-]C(Cc3cnc[nH]3)C(=O)O)nc12.[Pd+2]. The molecule has 1 unspecified atom stereocenters. The summed E-state index contributed by atoms with van der Waals surface area (Å²) in [6.07, 6.45) is 4.54. The summed E-state index contributed by atoms with van der Waals surface area (Å²) >= 11 is 0. The first-order valence-electron chi connectivity index (χ1n) is 6.41. The van der Waals surface area contributed by atoms with Gasteiger partial charge in [-0.05, 0) is 18.3 Å². The normalized spacial score (nSPS) is 12.0. The predicted octanol–water partition coefficient (Wildman–Crippen LogP) is 1.33. The van der Waals surface area contributed by atoms with Gasteiger partial charge in [0.15, 0.2) is 5.65 Å². The number of nitrogens with one attached hydrogen (secondary N) is 3. The molecule has 0 amide bonds. The van der Waals surface area contributed by atoms with Crippen molar-refractivity contribution in [3.63, 3.8) is 0 Å². The maximum Gasteiger partial charge on any atom is 2.00 e. The van der Waals surface area contributed by atoms with E-state index in [2.05, 4.69) is 35.2 Å². The number of nitrogens with zero attached hydrogens (tertiary/aromatic N) is 5. The van der Waals surface area contributed by atoms with Crippen molar-refractivity contribution < 1.29 is 30.3 Å². The largest absolute Gasteiger partial charge is 2.00 e. The van der Waals surface area contributed by atoms with Gasteiger partial charge in [-0.2, -0.15) is 0 Å². The van der Waals surface area contributed by atoms with E-state index in [1.54, 1.807) is 6.20 Å². The van der Waals surface area contributed by atoms with E-state index in [1.807, 2.05) is 0 Å². The molecule has 3 aromatic heterocycles. The molecule has 10 nitrogen and oxygen atoms in total. The van der Waals surface area contributed by atoms with Gasteiger partial charge in [0.25, 0.3) is 5.97 Å². The summed E-state index contributed by atoms with van der Waals surface area (Å²) in [5, 5.41) is 13.4. The fraction of sp³-hybridized carbons (Fsp3) is 0.250. The van der Waals surface area contributed by atoms with Crippen LogP contribution in [0.2, 0.25) is 0 Å². The number of H-pyrrole nitrogens is 2. The Morgan fingerprint density at radius 1 is 1.43 bits per heavy atom. The van der Waals surface area contributed by atoms with Crippen molar-refractivity contribution in [2.75, 3.05) is 0 Å². The molecule has 3 aromatic rings. The Hall–Kier alpha value is -2.35. The summed E-state index contributed by atoms with van der Waals surface area (Å²) in [6.45, 7) is 0.0842. The first kappa shape index (κ1) is 17.0. The third-order valence-electron chi connectivity index (χ3n) is 3.05. The fourth-order valence-corrected chi connectivity index (χ4v) is 1.98. The van der Waals surface area contributed by atoms with E-state index in [0.29, 0.717) is 22.7 Å². The number of hydrogen-bond acceptors (Lipinski definition) is 5. The number of carboxylic acid groups (broad SMARTS) is 1. The topological polar surface area (TPSA) is 158 Å². The van der Waals surface area contributed by atoms with Crippen molar-refractivity contribution in [2.24, 2.45) is 0 Å². The van der Waals surface area contributed by atoms with E-state index in [4.69, 9.17) is 5.73 Å². The quantitative estimate of drug-likeness (QED) is 0.524. The molecule has 4 N–H and O–H groups in total. The Bertz CT molecular complexity index is 788. The number of hydrogen-bond donors (Lipinski definition) is 3. The average Bonchev–Trinajstić information content (AvgIpc) is 3.12. The molecule has 0 aliphatic heterocycles. The predicted molar refractivity (Wildman–Crippen MR) is 76.4 cm³/mol. The molecule has 0 aliphatic carbocycles. The number of aromatic amines is 2. The minimum Gasteiger partial charge on any atom is -0.644 e. The van der Waals surface area contributed by atoms with Crippen molar-refractivity contribution in [3.05, 3.63) is 41.4 Å². The van der Waals surface area contributed by atoms with Crippen LogP contribution in [-0.4, -0.2) is 47.0 Å². The van der Waals surface area contributed by atoms with Crippen LogP contribution in [0.4, 0.5) is 5.82 Å². The molecule has 0 aromatic carbocycles. The van der Waals surface area contributed by atoms with Gasteiger partial charge >= 0.3 is 20.4 Å². The molecule has 0 saturated heterocycles. The van der Waals surface area contributed by atoms with Gasteiger partial charge in [-0.3, -0.25) is 4.79 Å². The van der Waals surface area contributed by atoms with Crippen molar-refractivity contribution in [1.82, 2.24) is 29.9 Å². The molecular formula is C12H12N8O2Pd. The van der Waals surface area contributed by atoms with Gasteiger partial charge in [0.1, 0.15) is 5.52 Å². The third kappa shape index (κ3) is 3.89. The zero-order valence-corrected chi connectivity index (χ0v) is 13.2. The summed E-state index contributed by atoms with van der Waals surface area (Å²) in [5.41, 5.74) is 9.09. The Balaban J connectivity index is 0.00000192. The Kier molecular flexibility index (Phi) is 5.38. The van der Waals surface area contributed by atoms with Crippen LogP contribution >= 0.6 is 0 Å². The molecule has 0 fully saturated rings. The molecule has 3 rings (SSSR count). The minimum absolute atomic E-state index is 0. The monoisotopic (exact) mass is 406 g/mol. The molecule has 0 bridgehead atoms. The number of rotatable bonds is 6. The van der Waals surface area contributed by atoms with Crippen LogP contribution in [0.25, 0.3) is 22.2 Å². The molecule has 122 valence electrons. The number of aromatic nitrogens is 6. The summed E-state index contributed by atoms with van der Waals surface area (Å²) in [4.78, 5) is 32.7. The van der Waals surface area contributed by atoms with Crippen LogP contribution in [0.5, 0.6) is 0 Å². The molecule has 3 heterocycles. The average molecular weight is 407 g/mol. The molecule has 0 spiro atoms. The van der Waals surface area contributed by atoms with Gasteiger partial charge < -0.3 is 31.1 Å². The van der Waals surface area contributed by atoms with Crippen molar-refractivity contribution in [2.45, 2.75) is 19.0 Å². The summed E-state index contributed by atoms with van der Waals surface area (Å²) in [7, 11) is 0. The second kappa shape index (κ2) is 7.28. The zero-order chi connectivity index (χ0) is 15.5. The number of aliphatic carboxylic acids is 1. The van der Waals surface area contributed by atoms with Gasteiger partial charge in [0, 0.05) is 18.2 Å². The van der Waals surface area contributed by atoms with Crippen LogP contribution in [-0.2, 0) is 38.2 Å². The Morgan fingerprint density at radius 2 is 2.26 bits per heavy atom. The smallest absolute Gasteiger partial charge is 0.644 e. The van der Waals surface area contributed by atoms with Gasteiger partial charge in [-0.25, -0.2) is 15.0 Å². The molecule has 1 atom stereocenters. The van der Waals surface area contributed by atoms with Crippen LogP contribution in [0, 0.1) is 0 Å². The van der Waals surface area contributed by atoms with E-state index in [0.717, 1.165) is 0 Å². The van der Waals surface area contributed by atoms with Gasteiger partial charge in [-0.1, -0.05) is 6.54 Å². The van der Waals surface area contributed by atoms with Crippen LogP contribution in [0.15, 0.2) is 18.9 Å². The van der Waals surface area contributed by atoms with Crippen LogP contribution in [0.3, 0.4) is 0 Å². The van der Waals surface area contributed by atoms with Crippen molar-refractivity contribution >= 4 is 23.0 Å². The van der Waals surface area contributed by atoms with Gasteiger partial charge in [0.2, 0.25) is 0 Å². The maximum atomic E-state index is 11.3. The molecule has 0 aliphatic rings. The molecule has 23 heavy (non-hydrogen) atoms. The Labute approximate surface area is 144 Å². The van der Waals surface area contributed by atoms with E-state index >= 15 is 0 Å². The van der Waals surface area contributed by atoms with E-state index in [9.17, 15) is 9.90 Å². The van der Waals surface area contributed by atoms with Gasteiger partial charge in [0.05, 0.1) is 12.2 Å². The Morgan fingerprint density at radius 3 is 2.91 bits per heavy atom. The summed E-state index contributed by atoms with van der Waals surface area (Å²) in [6, 6.07) is -0.907. The first-order chi connectivity index (χ1) is 10.6. The van der Waals surface area contributed by atoms with E-state index in [1.165, 1.54) is 12.7 Å². The number of imidazole rings is 2. The molecular weight excluding hydrogens is 395 g/mol. The molecule has 0 saturated carbocycles. The number of carbonyl (C=O) groups is 1. The van der Waals surface area contributed by atoms with Crippen LogP contribution < -0.4 is 0 Å². The first-order valence-corrected chi connectivity index (χ1v) is 6.41. The molecule has 11 heteroatoms. The fourth-order valence-electron chi connectivity index (χ4n) is 1.98. The van der Waals surface area contributed by atoms with Crippen molar-refractivity contribution in [3.8, 4) is 0 Å². The second-order valence-electron chi connectivity index (χ2n) is 4.58. The second-order valence-corrected chi connectivity index (χ2v) is 4.58. The summed E-state index contributed by atoms with van der Waals surface area (Å²) < 4.78 is 0. The third-order valence-corrected chi connectivity index (χ3v) is 3.05.